The molecule has 2 rings (SSSR count). The first kappa shape index (κ1) is 15.0. The lowest BCUT2D eigenvalue weighted by atomic mass is 10.1. The second-order valence-corrected chi connectivity index (χ2v) is 4.46. The van der Waals surface area contributed by atoms with Crippen molar-refractivity contribution < 1.29 is 18.3 Å². The molecule has 0 aliphatic rings. The van der Waals surface area contributed by atoms with Gasteiger partial charge in [-0.15, -0.1) is 0 Å². The highest BCUT2D eigenvalue weighted by molar-refractivity contribution is 5.78. The standard InChI is InChI=1S/C16H15F2NO2/c17-13-4-6-15(7-5-13)21-9-8-19-16(20)11-12-2-1-3-14(18)10-12/h1-7,10H,8-9,11H2,(H,19,20). The molecule has 110 valence electrons. The molecule has 0 heterocycles. The quantitative estimate of drug-likeness (QED) is 0.831. The zero-order valence-electron chi connectivity index (χ0n) is 11.3. The van der Waals surface area contributed by atoms with Gasteiger partial charge in [-0.05, 0) is 42.0 Å². The Hall–Kier alpha value is -2.43. The number of carbonyl (C=O) groups is 1. The van der Waals surface area contributed by atoms with Crippen LogP contribution < -0.4 is 10.1 Å². The minimum atomic E-state index is -0.361. The molecule has 0 saturated heterocycles. The number of ether oxygens (including phenoxy) is 1. The van der Waals surface area contributed by atoms with Crippen molar-refractivity contribution in [2.24, 2.45) is 0 Å². The van der Waals surface area contributed by atoms with E-state index in [9.17, 15) is 13.6 Å². The van der Waals surface area contributed by atoms with Crippen molar-refractivity contribution in [2.45, 2.75) is 6.42 Å². The van der Waals surface area contributed by atoms with Gasteiger partial charge in [0.15, 0.2) is 0 Å². The molecule has 0 saturated carbocycles. The van der Waals surface area contributed by atoms with Crippen LogP contribution in [0.4, 0.5) is 8.78 Å². The Morgan fingerprint density at radius 2 is 1.81 bits per heavy atom. The average molecular weight is 291 g/mol. The van der Waals surface area contributed by atoms with E-state index >= 15 is 0 Å². The summed E-state index contributed by atoms with van der Waals surface area (Å²) in [6.45, 7) is 0.603. The Morgan fingerprint density at radius 1 is 1.05 bits per heavy atom. The fourth-order valence-electron chi connectivity index (χ4n) is 1.78. The zero-order chi connectivity index (χ0) is 15.1. The van der Waals surface area contributed by atoms with E-state index in [0.717, 1.165) is 0 Å². The van der Waals surface area contributed by atoms with Crippen molar-refractivity contribution in [3.05, 3.63) is 65.7 Å². The molecular formula is C16H15F2NO2. The summed E-state index contributed by atoms with van der Waals surface area (Å²) in [5, 5.41) is 2.67. The van der Waals surface area contributed by atoms with Gasteiger partial charge >= 0.3 is 0 Å². The summed E-state index contributed by atoms with van der Waals surface area (Å²) in [5.74, 6) is -0.357. The summed E-state index contributed by atoms with van der Waals surface area (Å²) in [6.07, 6.45) is 0.119. The van der Waals surface area contributed by atoms with Gasteiger partial charge < -0.3 is 10.1 Å². The molecule has 2 aromatic carbocycles. The molecule has 3 nitrogen and oxygen atoms in total. The number of hydrogen-bond acceptors (Lipinski definition) is 2. The Bertz CT molecular complexity index is 599. The van der Waals surface area contributed by atoms with E-state index in [0.29, 0.717) is 17.9 Å². The second kappa shape index (κ2) is 7.38. The van der Waals surface area contributed by atoms with Crippen LogP contribution >= 0.6 is 0 Å². The van der Waals surface area contributed by atoms with Gasteiger partial charge in [-0.1, -0.05) is 12.1 Å². The molecule has 0 radical (unpaired) electrons. The van der Waals surface area contributed by atoms with Crippen LogP contribution in [-0.2, 0) is 11.2 Å². The van der Waals surface area contributed by atoms with Gasteiger partial charge in [-0.3, -0.25) is 4.79 Å². The summed E-state index contributed by atoms with van der Waals surface area (Å²) in [4.78, 5) is 11.6. The molecule has 21 heavy (non-hydrogen) atoms. The van der Waals surface area contributed by atoms with Crippen LogP contribution in [-0.4, -0.2) is 19.1 Å². The highest BCUT2D eigenvalue weighted by Crippen LogP contribution is 2.10. The molecule has 0 fully saturated rings. The number of rotatable bonds is 6. The monoisotopic (exact) mass is 291 g/mol. The van der Waals surface area contributed by atoms with E-state index < -0.39 is 0 Å². The van der Waals surface area contributed by atoms with Crippen molar-refractivity contribution in [1.82, 2.24) is 5.32 Å². The fourth-order valence-corrected chi connectivity index (χ4v) is 1.78. The molecule has 1 N–H and O–H groups in total. The van der Waals surface area contributed by atoms with E-state index in [1.54, 1.807) is 12.1 Å². The lowest BCUT2D eigenvalue weighted by molar-refractivity contribution is -0.120. The molecular weight excluding hydrogens is 276 g/mol. The van der Waals surface area contributed by atoms with Gasteiger partial charge in [0.25, 0.3) is 0 Å². The number of nitrogens with one attached hydrogen (secondary N) is 1. The van der Waals surface area contributed by atoms with Gasteiger partial charge in [0.1, 0.15) is 24.0 Å². The minimum absolute atomic E-state index is 0.119. The Kier molecular flexibility index (Phi) is 5.26. The van der Waals surface area contributed by atoms with Crippen molar-refractivity contribution in [3.63, 3.8) is 0 Å². The fraction of sp³-hybridized carbons (Fsp3) is 0.188. The maximum atomic E-state index is 13.0. The van der Waals surface area contributed by atoms with Crippen LogP contribution in [0.2, 0.25) is 0 Å². The van der Waals surface area contributed by atoms with Crippen molar-refractivity contribution in [3.8, 4) is 5.75 Å². The molecule has 2 aromatic rings. The average Bonchev–Trinajstić information content (AvgIpc) is 2.45. The maximum absolute atomic E-state index is 13.0. The van der Waals surface area contributed by atoms with Crippen LogP contribution in [0.3, 0.4) is 0 Å². The number of amides is 1. The van der Waals surface area contributed by atoms with E-state index in [4.69, 9.17) is 4.74 Å². The Balaban J connectivity index is 1.68. The Labute approximate surface area is 121 Å². The van der Waals surface area contributed by atoms with Gasteiger partial charge in [0, 0.05) is 0 Å². The number of hydrogen-bond donors (Lipinski definition) is 1. The van der Waals surface area contributed by atoms with Crippen molar-refractivity contribution >= 4 is 5.91 Å². The molecule has 1 amide bonds. The van der Waals surface area contributed by atoms with Crippen molar-refractivity contribution in [2.75, 3.05) is 13.2 Å². The lowest BCUT2D eigenvalue weighted by Crippen LogP contribution is -2.29. The smallest absolute Gasteiger partial charge is 0.224 e. The van der Waals surface area contributed by atoms with E-state index in [1.807, 2.05) is 0 Å². The third-order valence-electron chi connectivity index (χ3n) is 2.76. The first-order chi connectivity index (χ1) is 10.1. The topological polar surface area (TPSA) is 38.3 Å². The van der Waals surface area contributed by atoms with E-state index in [-0.39, 0.29) is 30.6 Å². The highest BCUT2D eigenvalue weighted by atomic mass is 19.1. The molecule has 0 unspecified atom stereocenters. The highest BCUT2D eigenvalue weighted by Gasteiger charge is 2.04. The van der Waals surface area contributed by atoms with E-state index in [1.165, 1.54) is 36.4 Å². The first-order valence-corrected chi connectivity index (χ1v) is 6.53. The third kappa shape index (κ3) is 5.22. The second-order valence-electron chi connectivity index (χ2n) is 4.46. The van der Waals surface area contributed by atoms with E-state index in [2.05, 4.69) is 5.32 Å². The van der Waals surface area contributed by atoms with Crippen LogP contribution in [0.15, 0.2) is 48.5 Å². The molecule has 0 aliphatic carbocycles. The van der Waals surface area contributed by atoms with Gasteiger partial charge in [0.05, 0.1) is 13.0 Å². The predicted molar refractivity (Wildman–Crippen MR) is 75.0 cm³/mol. The van der Waals surface area contributed by atoms with Crippen molar-refractivity contribution in [1.29, 1.82) is 0 Å². The molecule has 5 heteroatoms. The Morgan fingerprint density at radius 3 is 2.52 bits per heavy atom. The normalized spacial score (nSPS) is 10.2. The SMILES string of the molecule is O=C(Cc1cccc(F)c1)NCCOc1ccc(F)cc1. The van der Waals surface area contributed by atoms with Crippen LogP contribution in [0.25, 0.3) is 0 Å². The van der Waals surface area contributed by atoms with Gasteiger partial charge in [-0.2, -0.15) is 0 Å². The number of carbonyl (C=O) groups excluding carboxylic acids is 1. The van der Waals surface area contributed by atoms with Gasteiger partial charge in [-0.25, -0.2) is 8.78 Å². The molecule has 0 atom stereocenters. The number of halogens is 2. The van der Waals surface area contributed by atoms with Gasteiger partial charge in [0.2, 0.25) is 5.91 Å². The third-order valence-corrected chi connectivity index (χ3v) is 2.76. The minimum Gasteiger partial charge on any atom is -0.492 e. The lowest BCUT2D eigenvalue weighted by Gasteiger charge is -2.08. The summed E-state index contributed by atoms with van der Waals surface area (Å²) in [6, 6.07) is 11.6. The molecule has 0 aromatic heterocycles. The molecule has 0 bridgehead atoms. The first-order valence-electron chi connectivity index (χ1n) is 6.53. The summed E-state index contributed by atoms with van der Waals surface area (Å²) in [7, 11) is 0. The molecule has 0 spiro atoms. The van der Waals surface area contributed by atoms with Crippen LogP contribution in [0.5, 0.6) is 5.75 Å². The summed E-state index contributed by atoms with van der Waals surface area (Å²) >= 11 is 0. The van der Waals surface area contributed by atoms with Crippen LogP contribution in [0.1, 0.15) is 5.56 Å². The molecule has 0 aliphatic heterocycles. The predicted octanol–water partition coefficient (Wildman–Crippen LogP) is 2.70. The summed E-state index contributed by atoms with van der Waals surface area (Å²) in [5.41, 5.74) is 0.618. The number of benzene rings is 2. The largest absolute Gasteiger partial charge is 0.492 e. The summed E-state index contributed by atoms with van der Waals surface area (Å²) < 4.78 is 31.0. The zero-order valence-corrected chi connectivity index (χ0v) is 11.3. The maximum Gasteiger partial charge on any atom is 0.224 e. The van der Waals surface area contributed by atoms with Crippen LogP contribution in [0, 0.1) is 11.6 Å².